The van der Waals surface area contributed by atoms with Crippen LogP contribution in [0.1, 0.15) is 58.6 Å². The molecule has 11 heteroatoms. The lowest BCUT2D eigenvalue weighted by atomic mass is 9.43. The van der Waals surface area contributed by atoms with Gasteiger partial charge < -0.3 is 39.5 Å². The first kappa shape index (κ1) is 41.2. The quantitative estimate of drug-likeness (QED) is 0.0999. The maximum absolute atomic E-state index is 14.6. The summed E-state index contributed by atoms with van der Waals surface area (Å²) in [4.78, 5) is 29.1. The molecule has 0 radical (unpaired) electrons. The van der Waals surface area contributed by atoms with Crippen LogP contribution in [0, 0.1) is 23.2 Å². The highest BCUT2D eigenvalue weighted by atomic mass is 16.7. The first-order valence-electron chi connectivity index (χ1n) is 20.5. The van der Waals surface area contributed by atoms with Crippen LogP contribution in [-0.2, 0) is 31.7 Å². The number of methoxy groups -OCH3 is 3. The number of benzene rings is 4. The molecule has 306 valence electrons. The van der Waals surface area contributed by atoms with Crippen molar-refractivity contribution in [2.45, 2.75) is 90.0 Å². The van der Waals surface area contributed by atoms with Gasteiger partial charge in [0.15, 0.2) is 11.5 Å². The van der Waals surface area contributed by atoms with Gasteiger partial charge in [0.2, 0.25) is 17.6 Å². The Morgan fingerprint density at radius 2 is 1.41 bits per heavy atom. The molecule has 4 aromatic carbocycles. The number of rotatable bonds is 16. The van der Waals surface area contributed by atoms with E-state index in [1.54, 1.807) is 21.3 Å². The molecule has 1 saturated heterocycles. The molecular weight excluding hydrogens is 729 g/mol. The van der Waals surface area contributed by atoms with Crippen LogP contribution in [0.25, 0.3) is 11.1 Å². The second-order valence-electron chi connectivity index (χ2n) is 17.3. The van der Waals surface area contributed by atoms with Gasteiger partial charge >= 0.3 is 7.12 Å². The van der Waals surface area contributed by atoms with Crippen molar-refractivity contribution in [2.75, 3.05) is 26.6 Å². The standard InChI is InChI=1S/C47H58BN3O7/c1-29(2)42(45(53)50-41(25-30-16-11-9-12-17-30)48-57-40-28-34-27-39(46(34,3)4)47(40,5)58-48)51-44(52)36(22-31-23-37(54-6)43(56-8)38(24-31)55-7)49-35-21-15-20-33(26-35)32-18-13-10-14-19-32/h9-21,23-24,26,29,34,36,39-42,49H,22,25,27-28H2,1-8H3,(H,50,53)(H,51,52)/t34-,36-,39-,40+,41-,42-,47-/m0/s1. The van der Waals surface area contributed by atoms with Gasteiger partial charge in [0.1, 0.15) is 12.1 Å². The molecule has 2 bridgehead atoms. The molecular formula is C47H58BN3O7. The fraction of sp³-hybridized carbons (Fsp3) is 0.447. The molecule has 0 unspecified atom stereocenters. The van der Waals surface area contributed by atoms with E-state index in [0.29, 0.717) is 35.5 Å². The maximum Gasteiger partial charge on any atom is 0.482 e. The molecule has 2 amide bonds. The van der Waals surface area contributed by atoms with Crippen molar-refractivity contribution in [1.82, 2.24) is 10.6 Å². The van der Waals surface area contributed by atoms with Crippen molar-refractivity contribution < 1.29 is 33.1 Å². The van der Waals surface area contributed by atoms with Crippen LogP contribution >= 0.6 is 0 Å². The maximum atomic E-state index is 14.6. The monoisotopic (exact) mass is 787 g/mol. The van der Waals surface area contributed by atoms with Gasteiger partial charge in [-0.2, -0.15) is 0 Å². The van der Waals surface area contributed by atoms with E-state index < -0.39 is 30.7 Å². The summed E-state index contributed by atoms with van der Waals surface area (Å²) in [5.41, 5.74) is 4.41. The van der Waals surface area contributed by atoms with Crippen molar-refractivity contribution in [3.8, 4) is 28.4 Å². The fourth-order valence-corrected chi connectivity index (χ4v) is 9.53. The fourth-order valence-electron chi connectivity index (χ4n) is 9.53. The minimum Gasteiger partial charge on any atom is -0.493 e. The van der Waals surface area contributed by atoms with Crippen molar-refractivity contribution in [1.29, 1.82) is 0 Å². The molecule has 0 aromatic heterocycles. The minimum atomic E-state index is -0.850. The Hall–Kier alpha value is -5.00. The van der Waals surface area contributed by atoms with Gasteiger partial charge in [-0.25, -0.2) is 0 Å². The van der Waals surface area contributed by atoms with Crippen LogP contribution in [0.4, 0.5) is 5.69 Å². The van der Waals surface area contributed by atoms with Gasteiger partial charge in [-0.15, -0.1) is 0 Å². The third-order valence-electron chi connectivity index (χ3n) is 13.0. The lowest BCUT2D eigenvalue weighted by molar-refractivity contribution is -0.199. The van der Waals surface area contributed by atoms with Gasteiger partial charge in [-0.3, -0.25) is 9.59 Å². The number of anilines is 1. The molecule has 7 atom stereocenters. The molecule has 4 aliphatic rings. The number of amides is 2. The SMILES string of the molecule is COc1cc(C[C@H](Nc2cccc(-c3ccccc3)c2)C(=O)N[C@H](C(=O)N[C@@H](Cc2ccccc2)B2O[C@@H]3C[C@@H]4C[C@@H](C4(C)C)[C@]3(C)O2)C(C)C)cc(OC)c1OC. The van der Waals surface area contributed by atoms with Crippen LogP contribution in [-0.4, -0.2) is 70.0 Å². The first-order valence-corrected chi connectivity index (χ1v) is 20.5. The Balaban J connectivity index is 1.15. The molecule has 10 nitrogen and oxygen atoms in total. The van der Waals surface area contributed by atoms with Crippen LogP contribution in [0.15, 0.2) is 97.1 Å². The molecule has 3 N–H and O–H groups in total. The number of hydrogen-bond donors (Lipinski definition) is 3. The van der Waals surface area contributed by atoms with E-state index in [4.69, 9.17) is 23.5 Å². The van der Waals surface area contributed by atoms with Crippen molar-refractivity contribution in [3.63, 3.8) is 0 Å². The first-order chi connectivity index (χ1) is 27.8. The highest BCUT2D eigenvalue weighted by molar-refractivity contribution is 6.48. The van der Waals surface area contributed by atoms with E-state index in [0.717, 1.165) is 40.8 Å². The summed E-state index contributed by atoms with van der Waals surface area (Å²) in [7, 11) is 4.05. The van der Waals surface area contributed by atoms with Crippen LogP contribution in [0.5, 0.6) is 17.2 Å². The molecule has 4 fully saturated rings. The average molecular weight is 788 g/mol. The van der Waals surface area contributed by atoms with Gasteiger partial charge in [-0.1, -0.05) is 100 Å². The van der Waals surface area contributed by atoms with Gasteiger partial charge in [0.25, 0.3) is 0 Å². The zero-order valence-corrected chi connectivity index (χ0v) is 35.0. The van der Waals surface area contributed by atoms with Gasteiger partial charge in [0.05, 0.1) is 39.0 Å². The lowest BCUT2D eigenvalue weighted by Crippen LogP contribution is -2.65. The Kier molecular flexibility index (Phi) is 12.1. The summed E-state index contributed by atoms with van der Waals surface area (Å²) in [5, 5.41) is 9.94. The van der Waals surface area contributed by atoms with Gasteiger partial charge in [0, 0.05) is 12.1 Å². The zero-order valence-electron chi connectivity index (χ0n) is 35.0. The molecule has 1 aliphatic heterocycles. The smallest absolute Gasteiger partial charge is 0.482 e. The van der Waals surface area contributed by atoms with E-state index in [2.05, 4.69) is 61.0 Å². The lowest BCUT2D eigenvalue weighted by Gasteiger charge is -2.64. The summed E-state index contributed by atoms with van der Waals surface area (Å²) in [5.74, 6) is 1.07. The number of nitrogens with one attached hydrogen (secondary N) is 3. The summed E-state index contributed by atoms with van der Waals surface area (Å²) >= 11 is 0. The van der Waals surface area contributed by atoms with Crippen molar-refractivity contribution in [3.05, 3.63) is 108 Å². The van der Waals surface area contributed by atoms with E-state index in [1.807, 2.05) is 86.6 Å². The number of carbonyl (C=O) groups is 2. The highest BCUT2D eigenvalue weighted by Crippen LogP contribution is 2.65. The van der Waals surface area contributed by atoms with Crippen molar-refractivity contribution >= 4 is 24.6 Å². The predicted octanol–water partition coefficient (Wildman–Crippen LogP) is 7.54. The second-order valence-corrected chi connectivity index (χ2v) is 17.3. The van der Waals surface area contributed by atoms with Crippen LogP contribution < -0.4 is 30.2 Å². The van der Waals surface area contributed by atoms with E-state index in [-0.39, 0.29) is 35.7 Å². The zero-order chi connectivity index (χ0) is 41.2. The Morgan fingerprint density at radius 3 is 2.03 bits per heavy atom. The molecule has 3 aliphatic carbocycles. The third kappa shape index (κ3) is 8.29. The molecule has 8 rings (SSSR count). The number of ether oxygens (including phenoxy) is 3. The number of carbonyl (C=O) groups excluding carboxylic acids is 2. The average Bonchev–Trinajstić information content (AvgIpc) is 3.59. The molecule has 1 heterocycles. The van der Waals surface area contributed by atoms with E-state index in [9.17, 15) is 9.59 Å². The summed E-state index contributed by atoms with van der Waals surface area (Å²) < 4.78 is 30.5. The molecule has 0 spiro atoms. The predicted molar refractivity (Wildman–Crippen MR) is 228 cm³/mol. The Bertz CT molecular complexity index is 2040. The third-order valence-corrected chi connectivity index (χ3v) is 13.0. The molecule has 58 heavy (non-hydrogen) atoms. The summed E-state index contributed by atoms with van der Waals surface area (Å²) in [6, 6.07) is 30.2. The topological polar surface area (TPSA) is 116 Å². The van der Waals surface area contributed by atoms with E-state index >= 15 is 0 Å². The van der Waals surface area contributed by atoms with E-state index in [1.165, 1.54) is 0 Å². The van der Waals surface area contributed by atoms with Crippen LogP contribution in [0.3, 0.4) is 0 Å². The summed E-state index contributed by atoms with van der Waals surface area (Å²) in [6.45, 7) is 10.7. The normalized spacial score (nSPS) is 23.1. The minimum absolute atomic E-state index is 0.0347. The van der Waals surface area contributed by atoms with Gasteiger partial charge in [-0.05, 0) is 95.9 Å². The second kappa shape index (κ2) is 17.1. The Morgan fingerprint density at radius 1 is 0.759 bits per heavy atom. The Labute approximate surface area is 343 Å². The highest BCUT2D eigenvalue weighted by Gasteiger charge is 2.68. The largest absolute Gasteiger partial charge is 0.493 e. The van der Waals surface area contributed by atoms with Crippen LogP contribution in [0.2, 0.25) is 0 Å². The molecule has 4 aromatic rings. The summed E-state index contributed by atoms with van der Waals surface area (Å²) in [6.07, 6.45) is 2.81. The number of hydrogen-bond acceptors (Lipinski definition) is 8. The molecule has 3 saturated carbocycles. The van der Waals surface area contributed by atoms with Crippen molar-refractivity contribution in [2.24, 2.45) is 23.2 Å².